The minimum Gasteiger partial charge on any atom is -0.450 e. The first-order valence-corrected chi connectivity index (χ1v) is 8.65. The average Bonchev–Trinajstić information content (AvgIpc) is 2.69. The van der Waals surface area contributed by atoms with Crippen LogP contribution in [0, 0.1) is 34.1 Å². The zero-order valence-electron chi connectivity index (χ0n) is 15.7. The quantitative estimate of drug-likeness (QED) is 0.306. The van der Waals surface area contributed by atoms with E-state index in [9.17, 15) is 20.2 Å². The molecule has 0 fully saturated rings. The van der Waals surface area contributed by atoms with E-state index in [0.717, 1.165) is 34.5 Å². The number of hydrogen-bond donors (Lipinski definition) is 0. The molecule has 0 aliphatic carbocycles. The number of non-ortho nitro benzene ring substituents is 1. The molecule has 8 heteroatoms. The van der Waals surface area contributed by atoms with Crippen molar-refractivity contribution < 1.29 is 14.6 Å². The summed E-state index contributed by atoms with van der Waals surface area (Å²) in [6, 6.07) is 16.1. The van der Waals surface area contributed by atoms with Crippen LogP contribution in [0.1, 0.15) is 16.7 Å². The van der Waals surface area contributed by atoms with Gasteiger partial charge in [0, 0.05) is 12.3 Å². The molecule has 3 rings (SSSR count). The lowest BCUT2D eigenvalue weighted by atomic mass is 10.1. The van der Waals surface area contributed by atoms with Crippen molar-refractivity contribution in [3.8, 4) is 11.5 Å². The number of nitro benzene ring substituents is 2. The summed E-state index contributed by atoms with van der Waals surface area (Å²) in [5, 5.41) is 22.0. The summed E-state index contributed by atoms with van der Waals surface area (Å²) in [7, 11) is 0. The molecule has 29 heavy (non-hydrogen) atoms. The van der Waals surface area contributed by atoms with E-state index < -0.39 is 15.5 Å². The largest absolute Gasteiger partial charge is 0.450 e. The summed E-state index contributed by atoms with van der Waals surface area (Å²) in [4.78, 5) is 25.1. The number of nitro groups is 2. The van der Waals surface area contributed by atoms with Gasteiger partial charge in [0.1, 0.15) is 5.75 Å². The molecular weight excluding hydrogens is 374 g/mol. The second-order valence-electron chi connectivity index (χ2n) is 6.39. The van der Waals surface area contributed by atoms with Gasteiger partial charge in [0.2, 0.25) is 5.75 Å². The molecule has 3 aromatic carbocycles. The van der Waals surface area contributed by atoms with Gasteiger partial charge >= 0.3 is 5.69 Å². The number of aliphatic imine (C=N–C) groups is 1. The van der Waals surface area contributed by atoms with Crippen molar-refractivity contribution in [3.05, 3.63) is 97.6 Å². The van der Waals surface area contributed by atoms with Gasteiger partial charge in [-0.25, -0.2) is 0 Å². The molecular formula is C21H17N3O5. The van der Waals surface area contributed by atoms with Gasteiger partial charge in [-0.2, -0.15) is 0 Å². The third kappa shape index (κ3) is 4.81. The molecule has 0 aliphatic heterocycles. The third-order valence-corrected chi connectivity index (χ3v) is 4.18. The van der Waals surface area contributed by atoms with E-state index in [1.54, 1.807) is 30.5 Å². The Morgan fingerprint density at radius 1 is 0.897 bits per heavy atom. The van der Waals surface area contributed by atoms with Crippen molar-refractivity contribution in [2.24, 2.45) is 4.99 Å². The van der Waals surface area contributed by atoms with Crippen molar-refractivity contribution >= 4 is 23.3 Å². The van der Waals surface area contributed by atoms with E-state index in [1.165, 1.54) is 6.07 Å². The van der Waals surface area contributed by atoms with Gasteiger partial charge in [0.05, 0.1) is 21.6 Å². The van der Waals surface area contributed by atoms with Crippen LogP contribution in [0.4, 0.5) is 17.1 Å². The van der Waals surface area contributed by atoms with Crippen LogP contribution in [0.15, 0.2) is 65.7 Å². The molecule has 0 amide bonds. The molecule has 0 bridgehead atoms. The molecule has 0 saturated heterocycles. The van der Waals surface area contributed by atoms with Crippen molar-refractivity contribution in [1.29, 1.82) is 0 Å². The van der Waals surface area contributed by atoms with Gasteiger partial charge < -0.3 is 4.74 Å². The molecule has 3 aromatic rings. The fourth-order valence-electron chi connectivity index (χ4n) is 2.60. The Labute approximate surface area is 166 Å². The molecule has 0 unspecified atom stereocenters. The second-order valence-corrected chi connectivity index (χ2v) is 6.39. The first kappa shape index (κ1) is 19.7. The van der Waals surface area contributed by atoms with Gasteiger partial charge in [0.25, 0.3) is 5.69 Å². The van der Waals surface area contributed by atoms with Gasteiger partial charge in [0.15, 0.2) is 0 Å². The zero-order chi connectivity index (χ0) is 21.0. The number of rotatable bonds is 6. The van der Waals surface area contributed by atoms with E-state index in [2.05, 4.69) is 4.99 Å². The maximum absolute atomic E-state index is 11.2. The van der Waals surface area contributed by atoms with Crippen LogP contribution >= 0.6 is 0 Å². The van der Waals surface area contributed by atoms with Crippen LogP contribution in [-0.4, -0.2) is 16.1 Å². The fraction of sp³-hybridized carbons (Fsp3) is 0.0952. The minimum atomic E-state index is -0.715. The van der Waals surface area contributed by atoms with Gasteiger partial charge in [-0.05, 0) is 66.9 Å². The maximum Gasteiger partial charge on any atom is 0.318 e. The molecule has 0 heterocycles. The Balaban J connectivity index is 1.79. The first-order valence-electron chi connectivity index (χ1n) is 8.65. The monoisotopic (exact) mass is 391 g/mol. The second kappa shape index (κ2) is 8.30. The normalized spacial score (nSPS) is 10.8. The standard InChI is InChI=1S/C21H17N3O5/c1-14-3-4-15(2)19(11-14)22-13-16-5-8-18(9-6-16)29-21-10-7-17(23(25)26)12-20(21)24(27)28/h3-13H,1-2H3. The summed E-state index contributed by atoms with van der Waals surface area (Å²) in [6.45, 7) is 3.99. The van der Waals surface area contributed by atoms with Crippen LogP contribution in [0.2, 0.25) is 0 Å². The predicted octanol–water partition coefficient (Wildman–Crippen LogP) is 5.66. The van der Waals surface area contributed by atoms with E-state index >= 15 is 0 Å². The Bertz CT molecular complexity index is 1110. The zero-order valence-corrected chi connectivity index (χ0v) is 15.7. The lowest BCUT2D eigenvalue weighted by Gasteiger charge is -2.06. The predicted molar refractivity (Wildman–Crippen MR) is 109 cm³/mol. The Hall–Kier alpha value is -4.07. The molecule has 146 valence electrons. The number of aryl methyl sites for hydroxylation is 2. The molecule has 0 radical (unpaired) electrons. The molecule has 0 saturated carbocycles. The number of ether oxygens (including phenoxy) is 1. The topological polar surface area (TPSA) is 108 Å². The number of nitrogens with zero attached hydrogens (tertiary/aromatic N) is 3. The summed E-state index contributed by atoms with van der Waals surface area (Å²) in [5.74, 6) is 0.295. The van der Waals surface area contributed by atoms with Gasteiger partial charge in [-0.15, -0.1) is 0 Å². The van der Waals surface area contributed by atoms with Crippen LogP contribution in [0.3, 0.4) is 0 Å². The van der Waals surface area contributed by atoms with Gasteiger partial charge in [-0.3, -0.25) is 25.2 Å². The van der Waals surface area contributed by atoms with Crippen molar-refractivity contribution in [2.45, 2.75) is 13.8 Å². The lowest BCUT2D eigenvalue weighted by molar-refractivity contribution is -0.394. The highest BCUT2D eigenvalue weighted by atomic mass is 16.6. The van der Waals surface area contributed by atoms with Crippen LogP contribution in [0.5, 0.6) is 11.5 Å². The highest BCUT2D eigenvalue weighted by Gasteiger charge is 2.21. The van der Waals surface area contributed by atoms with E-state index in [-0.39, 0.29) is 11.4 Å². The fourth-order valence-corrected chi connectivity index (χ4v) is 2.60. The molecule has 0 N–H and O–H groups in total. The minimum absolute atomic E-state index is 0.0718. The number of benzene rings is 3. The molecule has 0 atom stereocenters. The van der Waals surface area contributed by atoms with Crippen molar-refractivity contribution in [3.63, 3.8) is 0 Å². The van der Waals surface area contributed by atoms with Crippen LogP contribution < -0.4 is 4.74 Å². The lowest BCUT2D eigenvalue weighted by Crippen LogP contribution is -1.96. The molecule has 0 spiro atoms. The Morgan fingerprint density at radius 2 is 1.62 bits per heavy atom. The Kier molecular flexibility index (Phi) is 5.64. The molecule has 8 nitrogen and oxygen atoms in total. The molecule has 0 aromatic heterocycles. The van der Waals surface area contributed by atoms with Crippen molar-refractivity contribution in [1.82, 2.24) is 0 Å². The summed E-state index contributed by atoms with van der Waals surface area (Å²) in [5.41, 5.74) is 3.05. The van der Waals surface area contributed by atoms with Gasteiger partial charge in [-0.1, -0.05) is 12.1 Å². The average molecular weight is 391 g/mol. The van der Waals surface area contributed by atoms with E-state index in [0.29, 0.717) is 5.75 Å². The summed E-state index contributed by atoms with van der Waals surface area (Å²) < 4.78 is 5.55. The van der Waals surface area contributed by atoms with E-state index in [4.69, 9.17) is 4.74 Å². The van der Waals surface area contributed by atoms with Crippen LogP contribution in [0.25, 0.3) is 0 Å². The van der Waals surface area contributed by atoms with Crippen LogP contribution in [-0.2, 0) is 0 Å². The smallest absolute Gasteiger partial charge is 0.318 e. The maximum atomic E-state index is 11.2. The molecule has 0 aliphatic rings. The third-order valence-electron chi connectivity index (χ3n) is 4.18. The van der Waals surface area contributed by atoms with E-state index in [1.807, 2.05) is 32.0 Å². The van der Waals surface area contributed by atoms with Crippen molar-refractivity contribution in [2.75, 3.05) is 0 Å². The summed E-state index contributed by atoms with van der Waals surface area (Å²) in [6.07, 6.45) is 1.72. The number of hydrogen-bond acceptors (Lipinski definition) is 6. The summed E-state index contributed by atoms with van der Waals surface area (Å²) >= 11 is 0. The SMILES string of the molecule is Cc1ccc(C)c(N=Cc2ccc(Oc3ccc([N+](=O)[O-])cc3[N+](=O)[O-])cc2)c1. The Morgan fingerprint density at radius 3 is 2.28 bits per heavy atom. The highest BCUT2D eigenvalue weighted by Crippen LogP contribution is 2.34. The first-order chi connectivity index (χ1) is 13.8. The highest BCUT2D eigenvalue weighted by molar-refractivity contribution is 5.82.